The molecule has 0 amide bonds. The average Bonchev–Trinajstić information content (AvgIpc) is 2.50. The Morgan fingerprint density at radius 3 is 2.57 bits per heavy atom. The van der Waals surface area contributed by atoms with Crippen LogP contribution >= 0.6 is 15.9 Å². The maximum Gasteiger partial charge on any atom is 0.141 e. The van der Waals surface area contributed by atoms with Crippen molar-refractivity contribution in [2.24, 2.45) is 5.73 Å². The largest absolute Gasteiger partial charge is 0.497 e. The van der Waals surface area contributed by atoms with Crippen LogP contribution in [0.1, 0.15) is 18.9 Å². The molecule has 112 valence electrons. The van der Waals surface area contributed by atoms with Crippen LogP contribution in [0.4, 0.5) is 0 Å². The van der Waals surface area contributed by atoms with Crippen molar-refractivity contribution in [3.63, 3.8) is 0 Å². The van der Waals surface area contributed by atoms with Crippen LogP contribution in [0, 0.1) is 0 Å². The zero-order valence-corrected chi connectivity index (χ0v) is 13.9. The molecule has 0 fully saturated rings. The van der Waals surface area contributed by atoms with Gasteiger partial charge in [-0.25, -0.2) is 0 Å². The molecular weight excluding hydrogens is 330 g/mol. The van der Waals surface area contributed by atoms with Crippen molar-refractivity contribution in [3.8, 4) is 17.2 Å². The number of nitrogens with two attached hydrogens (primary N) is 1. The lowest BCUT2D eigenvalue weighted by Crippen LogP contribution is -2.21. The minimum atomic E-state index is 0.196. The number of methoxy groups -OCH3 is 1. The van der Waals surface area contributed by atoms with Gasteiger partial charge in [-0.1, -0.05) is 19.1 Å². The summed E-state index contributed by atoms with van der Waals surface area (Å²) in [5.41, 5.74) is 7.19. The Bertz CT molecular complexity index is 601. The van der Waals surface area contributed by atoms with Gasteiger partial charge in [0.1, 0.15) is 17.2 Å². The SMILES string of the molecule is CCC(N)Cc1ccc(Oc2cccc(OC)c2)c(Br)c1. The molecule has 4 heteroatoms. The molecule has 1 atom stereocenters. The normalized spacial score (nSPS) is 12.0. The second kappa shape index (κ2) is 7.48. The summed E-state index contributed by atoms with van der Waals surface area (Å²) in [5.74, 6) is 2.29. The molecular formula is C17H20BrNO2. The Labute approximate surface area is 134 Å². The molecule has 0 spiro atoms. The summed E-state index contributed by atoms with van der Waals surface area (Å²) >= 11 is 3.55. The van der Waals surface area contributed by atoms with Crippen LogP contribution in [0.25, 0.3) is 0 Å². The highest BCUT2D eigenvalue weighted by atomic mass is 79.9. The fraction of sp³-hybridized carbons (Fsp3) is 0.294. The van der Waals surface area contributed by atoms with Crippen molar-refractivity contribution in [1.29, 1.82) is 0 Å². The summed E-state index contributed by atoms with van der Waals surface area (Å²) in [5, 5.41) is 0. The second-order valence-electron chi connectivity index (χ2n) is 4.92. The van der Waals surface area contributed by atoms with E-state index in [0.29, 0.717) is 0 Å². The van der Waals surface area contributed by atoms with Gasteiger partial charge in [0.15, 0.2) is 0 Å². The van der Waals surface area contributed by atoms with Crippen LogP contribution in [0.15, 0.2) is 46.9 Å². The fourth-order valence-corrected chi connectivity index (χ4v) is 2.50. The Hall–Kier alpha value is -1.52. The van der Waals surface area contributed by atoms with E-state index >= 15 is 0 Å². The predicted octanol–water partition coefficient (Wildman–Crippen LogP) is 4.53. The maximum atomic E-state index is 5.99. The Morgan fingerprint density at radius 2 is 1.90 bits per heavy atom. The number of hydrogen-bond acceptors (Lipinski definition) is 3. The fourth-order valence-electron chi connectivity index (χ4n) is 1.99. The van der Waals surface area contributed by atoms with Gasteiger partial charge in [-0.3, -0.25) is 0 Å². The van der Waals surface area contributed by atoms with E-state index < -0.39 is 0 Å². The summed E-state index contributed by atoms with van der Waals surface area (Å²) in [6.07, 6.45) is 1.84. The molecule has 2 aromatic carbocycles. The lowest BCUT2D eigenvalue weighted by molar-refractivity contribution is 0.409. The van der Waals surface area contributed by atoms with E-state index in [0.717, 1.165) is 34.6 Å². The van der Waals surface area contributed by atoms with E-state index in [4.69, 9.17) is 15.2 Å². The van der Waals surface area contributed by atoms with E-state index in [1.165, 1.54) is 5.56 Å². The van der Waals surface area contributed by atoms with E-state index in [1.807, 2.05) is 30.3 Å². The maximum absolute atomic E-state index is 5.99. The molecule has 0 radical (unpaired) electrons. The molecule has 0 aliphatic rings. The topological polar surface area (TPSA) is 44.5 Å². The van der Waals surface area contributed by atoms with Crippen LogP contribution in [0.2, 0.25) is 0 Å². The zero-order valence-electron chi connectivity index (χ0n) is 12.3. The van der Waals surface area contributed by atoms with Crippen molar-refractivity contribution in [1.82, 2.24) is 0 Å². The number of rotatable bonds is 6. The van der Waals surface area contributed by atoms with Crippen molar-refractivity contribution < 1.29 is 9.47 Å². The van der Waals surface area contributed by atoms with Crippen molar-refractivity contribution in [2.45, 2.75) is 25.8 Å². The van der Waals surface area contributed by atoms with Gasteiger partial charge in [-0.15, -0.1) is 0 Å². The van der Waals surface area contributed by atoms with Crippen molar-refractivity contribution in [2.75, 3.05) is 7.11 Å². The van der Waals surface area contributed by atoms with Crippen molar-refractivity contribution >= 4 is 15.9 Å². The standard InChI is InChI=1S/C17H20BrNO2/c1-3-13(19)9-12-7-8-17(16(18)10-12)21-15-6-4-5-14(11-15)20-2/h4-8,10-11,13H,3,9,19H2,1-2H3. The van der Waals surface area contributed by atoms with Gasteiger partial charge in [0.25, 0.3) is 0 Å². The van der Waals surface area contributed by atoms with Gasteiger partial charge in [-0.05, 0) is 58.6 Å². The molecule has 0 aromatic heterocycles. The van der Waals surface area contributed by atoms with E-state index in [9.17, 15) is 0 Å². The monoisotopic (exact) mass is 349 g/mol. The molecule has 0 aliphatic carbocycles. The molecule has 3 nitrogen and oxygen atoms in total. The zero-order chi connectivity index (χ0) is 15.2. The first kappa shape index (κ1) is 15.9. The highest BCUT2D eigenvalue weighted by Gasteiger charge is 2.07. The van der Waals surface area contributed by atoms with Crippen molar-refractivity contribution in [3.05, 3.63) is 52.5 Å². The lowest BCUT2D eigenvalue weighted by atomic mass is 10.0. The van der Waals surface area contributed by atoms with Gasteiger partial charge < -0.3 is 15.2 Å². The molecule has 2 aromatic rings. The van der Waals surface area contributed by atoms with Gasteiger partial charge in [-0.2, -0.15) is 0 Å². The highest BCUT2D eigenvalue weighted by molar-refractivity contribution is 9.10. The minimum absolute atomic E-state index is 0.196. The lowest BCUT2D eigenvalue weighted by Gasteiger charge is -2.12. The molecule has 0 bridgehead atoms. The Morgan fingerprint density at radius 1 is 1.14 bits per heavy atom. The predicted molar refractivity (Wildman–Crippen MR) is 89.2 cm³/mol. The van der Waals surface area contributed by atoms with Gasteiger partial charge in [0, 0.05) is 12.1 Å². The molecule has 2 rings (SSSR count). The molecule has 0 saturated carbocycles. The Kier molecular flexibility index (Phi) is 5.65. The smallest absolute Gasteiger partial charge is 0.141 e. The first-order chi connectivity index (χ1) is 10.1. The van der Waals surface area contributed by atoms with Crippen LogP contribution in [-0.4, -0.2) is 13.2 Å². The van der Waals surface area contributed by atoms with Crippen LogP contribution in [-0.2, 0) is 6.42 Å². The third-order valence-electron chi connectivity index (χ3n) is 3.29. The van der Waals surface area contributed by atoms with Gasteiger partial charge in [0.2, 0.25) is 0 Å². The first-order valence-corrected chi connectivity index (χ1v) is 7.77. The van der Waals surface area contributed by atoms with Crippen LogP contribution < -0.4 is 15.2 Å². The second-order valence-corrected chi connectivity index (χ2v) is 5.77. The molecule has 0 saturated heterocycles. The number of hydrogen-bond donors (Lipinski definition) is 1. The summed E-state index contributed by atoms with van der Waals surface area (Å²) in [6.45, 7) is 2.10. The highest BCUT2D eigenvalue weighted by Crippen LogP contribution is 2.32. The first-order valence-electron chi connectivity index (χ1n) is 6.98. The molecule has 0 aliphatic heterocycles. The summed E-state index contributed by atoms with van der Waals surface area (Å²) in [7, 11) is 1.64. The molecule has 2 N–H and O–H groups in total. The third kappa shape index (κ3) is 4.48. The quantitative estimate of drug-likeness (QED) is 0.833. The average molecular weight is 350 g/mol. The van der Waals surface area contributed by atoms with Crippen LogP contribution in [0.3, 0.4) is 0 Å². The van der Waals surface area contributed by atoms with Gasteiger partial charge >= 0.3 is 0 Å². The summed E-state index contributed by atoms with van der Waals surface area (Å²) in [4.78, 5) is 0. The molecule has 21 heavy (non-hydrogen) atoms. The number of halogens is 1. The number of benzene rings is 2. The van der Waals surface area contributed by atoms with E-state index in [1.54, 1.807) is 7.11 Å². The Balaban J connectivity index is 2.13. The third-order valence-corrected chi connectivity index (χ3v) is 3.91. The number of ether oxygens (including phenoxy) is 2. The van der Waals surface area contributed by atoms with Crippen LogP contribution in [0.5, 0.6) is 17.2 Å². The minimum Gasteiger partial charge on any atom is -0.497 e. The summed E-state index contributed by atoms with van der Waals surface area (Å²) in [6, 6.07) is 13.8. The van der Waals surface area contributed by atoms with E-state index in [-0.39, 0.29) is 6.04 Å². The molecule has 0 heterocycles. The molecule has 1 unspecified atom stereocenters. The van der Waals surface area contributed by atoms with Gasteiger partial charge in [0.05, 0.1) is 11.6 Å². The summed E-state index contributed by atoms with van der Waals surface area (Å²) < 4.78 is 12.0. The van der Waals surface area contributed by atoms with E-state index in [2.05, 4.69) is 35.0 Å².